The van der Waals surface area contributed by atoms with Gasteiger partial charge >= 0.3 is 0 Å². The van der Waals surface area contributed by atoms with Crippen LogP contribution in [0.2, 0.25) is 0 Å². The zero-order chi connectivity index (χ0) is 14.5. The molecule has 0 N–H and O–H groups in total. The number of amides is 1. The number of likely N-dealkylation sites (tertiary alicyclic amines) is 1. The summed E-state index contributed by atoms with van der Waals surface area (Å²) in [6.45, 7) is 10.7. The topological polar surface area (TPSA) is 36.4 Å². The highest BCUT2D eigenvalue weighted by Gasteiger charge is 2.20. The highest BCUT2D eigenvalue weighted by molar-refractivity contribution is 7.13. The van der Waals surface area contributed by atoms with Crippen molar-refractivity contribution < 1.29 is 4.79 Å². The van der Waals surface area contributed by atoms with Crippen LogP contribution in [0.4, 0.5) is 0 Å². The van der Waals surface area contributed by atoms with E-state index >= 15 is 0 Å². The van der Waals surface area contributed by atoms with E-state index in [0.717, 1.165) is 48.3 Å². The van der Waals surface area contributed by atoms with Crippen molar-refractivity contribution in [1.29, 1.82) is 0 Å². The molecule has 1 fully saturated rings. The summed E-state index contributed by atoms with van der Waals surface area (Å²) in [7, 11) is 0. The molecule has 0 atom stereocenters. The van der Waals surface area contributed by atoms with Gasteiger partial charge in [-0.2, -0.15) is 0 Å². The second kappa shape index (κ2) is 7.18. The summed E-state index contributed by atoms with van der Waals surface area (Å²) in [6, 6.07) is 0. The Morgan fingerprint density at radius 3 is 2.50 bits per heavy atom. The van der Waals surface area contributed by atoms with Crippen LogP contribution < -0.4 is 0 Å². The van der Waals surface area contributed by atoms with Crippen molar-refractivity contribution in [3.8, 4) is 0 Å². The Labute approximate surface area is 125 Å². The molecular weight excluding hydrogens is 270 g/mol. The van der Waals surface area contributed by atoms with Crippen LogP contribution in [0.15, 0.2) is 0 Å². The third-order valence-corrected chi connectivity index (χ3v) is 5.02. The molecule has 2 rings (SSSR count). The lowest BCUT2D eigenvalue weighted by atomic mass is 10.1. The molecule has 0 spiro atoms. The largest absolute Gasteiger partial charge is 0.338 e. The van der Waals surface area contributed by atoms with Crippen molar-refractivity contribution in [2.24, 2.45) is 0 Å². The van der Waals surface area contributed by atoms with Gasteiger partial charge < -0.3 is 4.90 Å². The zero-order valence-corrected chi connectivity index (χ0v) is 13.6. The van der Waals surface area contributed by atoms with Crippen molar-refractivity contribution in [3.05, 3.63) is 15.6 Å². The van der Waals surface area contributed by atoms with Gasteiger partial charge in [-0.05, 0) is 46.7 Å². The van der Waals surface area contributed by atoms with E-state index in [-0.39, 0.29) is 5.91 Å². The number of aromatic nitrogens is 1. The Bertz CT molecular complexity index is 448. The maximum absolute atomic E-state index is 12.4. The number of rotatable bonds is 5. The molecule has 1 saturated heterocycles. The van der Waals surface area contributed by atoms with E-state index in [9.17, 15) is 4.79 Å². The number of carbonyl (C=O) groups excluding carboxylic acids is 1. The van der Waals surface area contributed by atoms with Crippen molar-refractivity contribution in [3.63, 3.8) is 0 Å². The van der Waals surface area contributed by atoms with Crippen LogP contribution in [0.5, 0.6) is 0 Å². The molecule has 4 nitrogen and oxygen atoms in total. The van der Waals surface area contributed by atoms with Gasteiger partial charge in [0.2, 0.25) is 0 Å². The van der Waals surface area contributed by atoms with Crippen molar-refractivity contribution in [2.75, 3.05) is 26.2 Å². The monoisotopic (exact) mass is 295 g/mol. The maximum atomic E-state index is 12.4. The van der Waals surface area contributed by atoms with Gasteiger partial charge in [-0.15, -0.1) is 11.3 Å². The highest BCUT2D eigenvalue weighted by Crippen LogP contribution is 2.22. The summed E-state index contributed by atoms with van der Waals surface area (Å²) in [5.41, 5.74) is 0.888. The predicted octanol–water partition coefficient (Wildman–Crippen LogP) is 2.92. The van der Waals surface area contributed by atoms with Gasteiger partial charge in [0.25, 0.3) is 5.91 Å². The Morgan fingerprint density at radius 2 is 1.90 bits per heavy atom. The molecule has 0 bridgehead atoms. The van der Waals surface area contributed by atoms with Crippen LogP contribution in [-0.4, -0.2) is 46.9 Å². The van der Waals surface area contributed by atoms with Crippen LogP contribution in [-0.2, 0) is 6.54 Å². The molecule has 1 amide bonds. The molecule has 1 aliphatic heterocycles. The average Bonchev–Trinajstić information content (AvgIpc) is 2.82. The molecule has 2 heterocycles. The normalized spacial score (nSPS) is 16.4. The number of hydrogen-bond acceptors (Lipinski definition) is 4. The van der Waals surface area contributed by atoms with E-state index in [1.165, 1.54) is 19.3 Å². The van der Waals surface area contributed by atoms with Gasteiger partial charge in [0, 0.05) is 13.1 Å². The highest BCUT2D eigenvalue weighted by atomic mass is 32.1. The third kappa shape index (κ3) is 3.58. The predicted molar refractivity (Wildman–Crippen MR) is 83.2 cm³/mol. The van der Waals surface area contributed by atoms with Gasteiger partial charge in [0.05, 0.1) is 12.2 Å². The first kappa shape index (κ1) is 15.4. The van der Waals surface area contributed by atoms with Crippen LogP contribution in [0.25, 0.3) is 0 Å². The first-order valence-corrected chi connectivity index (χ1v) is 8.45. The molecule has 0 aliphatic carbocycles. The molecule has 1 aliphatic rings. The lowest BCUT2D eigenvalue weighted by Gasteiger charge is -2.25. The van der Waals surface area contributed by atoms with Crippen LogP contribution >= 0.6 is 11.3 Å². The number of thiazole rings is 1. The SMILES string of the molecule is CCN(CC)C(=O)c1sc(CN2CCCCC2)nc1C. The van der Waals surface area contributed by atoms with Gasteiger partial charge in [-0.1, -0.05) is 6.42 Å². The molecule has 1 aromatic heterocycles. The molecule has 112 valence electrons. The molecule has 1 aromatic rings. The zero-order valence-electron chi connectivity index (χ0n) is 12.8. The maximum Gasteiger partial charge on any atom is 0.265 e. The average molecular weight is 295 g/mol. The molecule has 0 aromatic carbocycles. The number of hydrogen-bond donors (Lipinski definition) is 0. The molecule has 0 saturated carbocycles. The molecule has 5 heteroatoms. The summed E-state index contributed by atoms with van der Waals surface area (Å²) in [5, 5.41) is 1.08. The summed E-state index contributed by atoms with van der Waals surface area (Å²) in [4.78, 5) is 22.2. The summed E-state index contributed by atoms with van der Waals surface area (Å²) < 4.78 is 0. The lowest BCUT2D eigenvalue weighted by Crippen LogP contribution is -2.30. The lowest BCUT2D eigenvalue weighted by molar-refractivity contribution is 0.0777. The fourth-order valence-corrected chi connectivity index (χ4v) is 3.76. The standard InChI is InChI=1S/C15H25N3OS/c1-4-18(5-2)15(19)14-12(3)16-13(20-14)11-17-9-7-6-8-10-17/h4-11H2,1-3H3. The number of piperidine rings is 1. The Balaban J connectivity index is 2.06. The minimum atomic E-state index is 0.134. The second-order valence-corrected chi connectivity index (χ2v) is 6.42. The van der Waals surface area contributed by atoms with Crippen molar-refractivity contribution in [2.45, 2.75) is 46.6 Å². The van der Waals surface area contributed by atoms with E-state index in [0.29, 0.717) is 0 Å². The van der Waals surface area contributed by atoms with Crippen molar-refractivity contribution >= 4 is 17.2 Å². The van der Waals surface area contributed by atoms with Gasteiger partial charge in [0.15, 0.2) is 0 Å². The smallest absolute Gasteiger partial charge is 0.265 e. The second-order valence-electron chi connectivity index (χ2n) is 5.34. The first-order chi connectivity index (χ1) is 9.65. The van der Waals surface area contributed by atoms with Crippen molar-refractivity contribution in [1.82, 2.24) is 14.8 Å². The minimum absolute atomic E-state index is 0.134. The molecule has 0 unspecified atom stereocenters. The number of nitrogens with zero attached hydrogens (tertiary/aromatic N) is 3. The van der Waals surface area contributed by atoms with Crippen LogP contribution in [0.1, 0.15) is 53.5 Å². The minimum Gasteiger partial charge on any atom is -0.338 e. The summed E-state index contributed by atoms with van der Waals surface area (Å²) in [6.07, 6.45) is 3.92. The van der Waals surface area contributed by atoms with Crippen LogP contribution in [0, 0.1) is 6.92 Å². The van der Waals surface area contributed by atoms with Gasteiger partial charge in [-0.3, -0.25) is 9.69 Å². The Kier molecular flexibility index (Phi) is 5.54. The quantitative estimate of drug-likeness (QED) is 0.838. The summed E-state index contributed by atoms with van der Waals surface area (Å²) in [5.74, 6) is 0.134. The Morgan fingerprint density at radius 1 is 1.25 bits per heavy atom. The fourth-order valence-electron chi connectivity index (χ4n) is 2.68. The van der Waals surface area contributed by atoms with E-state index in [2.05, 4.69) is 9.88 Å². The number of carbonyl (C=O) groups is 1. The third-order valence-electron chi connectivity index (χ3n) is 3.89. The first-order valence-electron chi connectivity index (χ1n) is 7.63. The summed E-state index contributed by atoms with van der Waals surface area (Å²) >= 11 is 1.58. The molecule has 0 radical (unpaired) electrons. The van der Waals surface area contributed by atoms with Gasteiger partial charge in [-0.25, -0.2) is 4.98 Å². The molecular formula is C15H25N3OS. The van der Waals surface area contributed by atoms with E-state index in [1.54, 1.807) is 11.3 Å². The van der Waals surface area contributed by atoms with E-state index in [1.807, 2.05) is 25.7 Å². The number of aryl methyl sites for hydroxylation is 1. The Hall–Kier alpha value is -0.940. The van der Waals surface area contributed by atoms with E-state index in [4.69, 9.17) is 0 Å². The van der Waals surface area contributed by atoms with E-state index < -0.39 is 0 Å². The fraction of sp³-hybridized carbons (Fsp3) is 0.733. The molecule has 20 heavy (non-hydrogen) atoms. The van der Waals surface area contributed by atoms with Crippen LogP contribution in [0.3, 0.4) is 0 Å². The van der Waals surface area contributed by atoms with Gasteiger partial charge in [0.1, 0.15) is 9.88 Å².